The van der Waals surface area contributed by atoms with Crippen LogP contribution in [-0.2, 0) is 9.59 Å². The highest BCUT2D eigenvalue weighted by atomic mass is 16.5. The van der Waals surface area contributed by atoms with Crippen LogP contribution in [-0.4, -0.2) is 11.8 Å². The number of unbranched alkanes of at least 4 members (excludes halogenated alkanes) is 4. The molecule has 0 bridgehead atoms. The van der Waals surface area contributed by atoms with E-state index in [4.69, 9.17) is 4.74 Å². The van der Waals surface area contributed by atoms with Gasteiger partial charge in [-0.25, -0.2) is 0 Å². The van der Waals surface area contributed by atoms with E-state index in [0.717, 1.165) is 49.7 Å². The number of ether oxygens (including phenoxy) is 1. The Hall–Kier alpha value is -1.90. The van der Waals surface area contributed by atoms with E-state index in [1.165, 1.54) is 19.3 Å². The summed E-state index contributed by atoms with van der Waals surface area (Å²) in [7, 11) is 0. The summed E-state index contributed by atoms with van der Waals surface area (Å²) in [4.78, 5) is 24.1. The number of hydrogen-bond acceptors (Lipinski definition) is 3. The number of esters is 1. The maximum atomic E-state index is 12.2. The third kappa shape index (κ3) is 6.44. The first-order valence-electron chi connectivity index (χ1n) is 10.2. The number of carbonyl (C=O) groups is 2. The van der Waals surface area contributed by atoms with Crippen LogP contribution in [0.15, 0.2) is 30.3 Å². The van der Waals surface area contributed by atoms with E-state index in [1.54, 1.807) is 6.08 Å². The lowest BCUT2D eigenvalue weighted by atomic mass is 9.83. The van der Waals surface area contributed by atoms with Crippen molar-refractivity contribution in [1.29, 1.82) is 0 Å². The molecule has 0 saturated heterocycles. The zero-order valence-corrected chi connectivity index (χ0v) is 16.3. The van der Waals surface area contributed by atoms with Crippen LogP contribution >= 0.6 is 0 Å². The van der Waals surface area contributed by atoms with Crippen molar-refractivity contribution in [3.8, 4) is 5.75 Å². The molecule has 0 N–H and O–H groups in total. The van der Waals surface area contributed by atoms with Crippen LogP contribution in [0.1, 0.15) is 83.6 Å². The fraction of sp³-hybridized carbons (Fsp3) is 0.565. The molecule has 3 nitrogen and oxygen atoms in total. The van der Waals surface area contributed by atoms with Crippen molar-refractivity contribution in [1.82, 2.24) is 0 Å². The van der Waals surface area contributed by atoms with Gasteiger partial charge in [-0.15, -0.1) is 0 Å². The molecule has 1 aromatic carbocycles. The van der Waals surface area contributed by atoms with Crippen LogP contribution in [0.2, 0.25) is 0 Å². The SMILES string of the molecule is CCCCCCCC(=O)Oc1ccc(C2=CC(=O)C(CCC)CC2)cc1. The topological polar surface area (TPSA) is 43.4 Å². The highest BCUT2D eigenvalue weighted by Crippen LogP contribution is 2.31. The molecule has 0 spiro atoms. The second-order valence-corrected chi connectivity index (χ2v) is 7.26. The second kappa shape index (κ2) is 10.9. The average molecular weight is 357 g/mol. The third-order valence-corrected chi connectivity index (χ3v) is 5.06. The van der Waals surface area contributed by atoms with Crippen LogP contribution in [0.25, 0.3) is 5.57 Å². The number of benzene rings is 1. The van der Waals surface area contributed by atoms with Gasteiger partial charge in [-0.2, -0.15) is 0 Å². The van der Waals surface area contributed by atoms with Crippen LogP contribution in [0, 0.1) is 5.92 Å². The van der Waals surface area contributed by atoms with Gasteiger partial charge in [0, 0.05) is 12.3 Å². The van der Waals surface area contributed by atoms with Crippen molar-refractivity contribution in [2.24, 2.45) is 5.92 Å². The average Bonchev–Trinajstić information content (AvgIpc) is 2.64. The Morgan fingerprint density at radius 3 is 2.42 bits per heavy atom. The monoisotopic (exact) mass is 356 g/mol. The van der Waals surface area contributed by atoms with Gasteiger partial charge >= 0.3 is 5.97 Å². The molecule has 2 rings (SSSR count). The van der Waals surface area contributed by atoms with Gasteiger partial charge in [0.1, 0.15) is 5.75 Å². The minimum atomic E-state index is -0.163. The molecule has 0 amide bonds. The van der Waals surface area contributed by atoms with Gasteiger partial charge in [0.05, 0.1) is 0 Å². The molecule has 1 unspecified atom stereocenters. The van der Waals surface area contributed by atoms with Crippen molar-refractivity contribution in [2.75, 3.05) is 0 Å². The molecule has 1 aliphatic rings. The molecule has 0 saturated carbocycles. The Kier molecular flexibility index (Phi) is 8.60. The number of carbonyl (C=O) groups excluding carboxylic acids is 2. The molecule has 0 aliphatic heterocycles. The summed E-state index contributed by atoms with van der Waals surface area (Å²) in [5, 5.41) is 0. The summed E-state index contributed by atoms with van der Waals surface area (Å²) in [6.07, 6.45) is 11.8. The highest BCUT2D eigenvalue weighted by Gasteiger charge is 2.22. The number of allylic oxidation sites excluding steroid dienone is 2. The van der Waals surface area contributed by atoms with E-state index in [0.29, 0.717) is 12.2 Å². The Labute approximate surface area is 157 Å². The Morgan fingerprint density at radius 1 is 1.04 bits per heavy atom. The molecule has 0 aromatic heterocycles. The maximum absolute atomic E-state index is 12.2. The fourth-order valence-electron chi connectivity index (χ4n) is 3.49. The molecule has 1 atom stereocenters. The maximum Gasteiger partial charge on any atom is 0.311 e. The van der Waals surface area contributed by atoms with E-state index in [9.17, 15) is 9.59 Å². The molecule has 3 heteroatoms. The van der Waals surface area contributed by atoms with Crippen LogP contribution in [0.5, 0.6) is 5.75 Å². The molecule has 0 radical (unpaired) electrons. The predicted octanol–water partition coefficient (Wildman–Crippen LogP) is 6.12. The Bertz CT molecular complexity index is 613. The first-order valence-corrected chi connectivity index (χ1v) is 10.2. The molecular formula is C23H32O3. The quantitative estimate of drug-likeness (QED) is 0.288. The van der Waals surface area contributed by atoms with Gasteiger partial charge in [-0.3, -0.25) is 9.59 Å². The number of hydrogen-bond donors (Lipinski definition) is 0. The molecule has 1 aliphatic carbocycles. The fourth-order valence-corrected chi connectivity index (χ4v) is 3.49. The van der Waals surface area contributed by atoms with E-state index >= 15 is 0 Å². The second-order valence-electron chi connectivity index (χ2n) is 7.26. The molecule has 142 valence electrons. The first-order chi connectivity index (χ1) is 12.6. The summed E-state index contributed by atoms with van der Waals surface area (Å²) in [6.45, 7) is 4.30. The predicted molar refractivity (Wildman–Crippen MR) is 106 cm³/mol. The van der Waals surface area contributed by atoms with Gasteiger partial charge in [0.2, 0.25) is 0 Å². The van der Waals surface area contributed by atoms with Gasteiger partial charge in [0.25, 0.3) is 0 Å². The summed E-state index contributed by atoms with van der Waals surface area (Å²) in [6, 6.07) is 7.55. The third-order valence-electron chi connectivity index (χ3n) is 5.06. The van der Waals surface area contributed by atoms with Crippen LogP contribution in [0.3, 0.4) is 0 Å². The Balaban J connectivity index is 1.83. The van der Waals surface area contributed by atoms with Crippen LogP contribution < -0.4 is 4.74 Å². The van der Waals surface area contributed by atoms with Gasteiger partial charge < -0.3 is 4.74 Å². The number of rotatable bonds is 10. The molecule has 26 heavy (non-hydrogen) atoms. The first kappa shape index (κ1) is 20.4. The zero-order chi connectivity index (χ0) is 18.8. The molecule has 0 heterocycles. The van der Waals surface area contributed by atoms with E-state index in [1.807, 2.05) is 24.3 Å². The van der Waals surface area contributed by atoms with Gasteiger partial charge in [-0.1, -0.05) is 58.1 Å². The zero-order valence-electron chi connectivity index (χ0n) is 16.3. The summed E-state index contributed by atoms with van der Waals surface area (Å²) in [5.41, 5.74) is 2.14. The summed E-state index contributed by atoms with van der Waals surface area (Å²) in [5.74, 6) is 0.871. The molecule has 0 fully saturated rings. The lowest BCUT2D eigenvalue weighted by molar-refractivity contribution is -0.134. The summed E-state index contributed by atoms with van der Waals surface area (Å²) < 4.78 is 5.41. The van der Waals surface area contributed by atoms with Crippen molar-refractivity contribution in [3.63, 3.8) is 0 Å². The number of ketones is 1. The minimum Gasteiger partial charge on any atom is -0.427 e. The van der Waals surface area contributed by atoms with Crippen molar-refractivity contribution in [3.05, 3.63) is 35.9 Å². The van der Waals surface area contributed by atoms with Crippen molar-refractivity contribution >= 4 is 17.3 Å². The van der Waals surface area contributed by atoms with E-state index in [2.05, 4.69) is 13.8 Å². The molecular weight excluding hydrogens is 324 g/mol. The Morgan fingerprint density at radius 2 is 1.77 bits per heavy atom. The van der Waals surface area contributed by atoms with Crippen LogP contribution in [0.4, 0.5) is 0 Å². The van der Waals surface area contributed by atoms with Gasteiger partial charge in [0.15, 0.2) is 5.78 Å². The normalized spacial score (nSPS) is 17.1. The highest BCUT2D eigenvalue weighted by molar-refractivity contribution is 6.00. The standard InChI is InChI=1S/C23H32O3/c1-3-5-6-7-8-10-23(25)26-21-15-13-18(14-16-21)20-12-11-19(9-4-2)22(24)17-20/h13-17,19H,3-12H2,1-2H3. The largest absolute Gasteiger partial charge is 0.427 e. The summed E-state index contributed by atoms with van der Waals surface area (Å²) >= 11 is 0. The smallest absolute Gasteiger partial charge is 0.311 e. The van der Waals surface area contributed by atoms with Crippen molar-refractivity contribution < 1.29 is 14.3 Å². The van der Waals surface area contributed by atoms with E-state index in [-0.39, 0.29) is 17.7 Å². The lowest BCUT2D eigenvalue weighted by Gasteiger charge is -2.20. The molecule has 1 aromatic rings. The lowest BCUT2D eigenvalue weighted by Crippen LogP contribution is -2.16. The van der Waals surface area contributed by atoms with E-state index < -0.39 is 0 Å². The van der Waals surface area contributed by atoms with Crippen molar-refractivity contribution in [2.45, 2.75) is 78.1 Å². The minimum absolute atomic E-state index is 0.163. The van der Waals surface area contributed by atoms with Gasteiger partial charge in [-0.05, 0) is 55.0 Å².